The molecule has 3 rings (SSSR count). The zero-order valence-electron chi connectivity index (χ0n) is 22.1. The van der Waals surface area contributed by atoms with Crippen LogP contribution in [0.25, 0.3) is 0 Å². The van der Waals surface area contributed by atoms with Crippen molar-refractivity contribution >= 4 is 25.0 Å². The zero-order valence-corrected chi connectivity index (χ0v) is 22.1. The van der Waals surface area contributed by atoms with E-state index in [4.69, 9.17) is 19.4 Å². The van der Waals surface area contributed by atoms with Crippen molar-refractivity contribution in [3.8, 4) is 6.26 Å². The summed E-state index contributed by atoms with van der Waals surface area (Å²) in [5.74, 6) is 0.594. The molecule has 1 aliphatic rings. The first kappa shape index (κ1) is 28.5. The molecule has 1 aromatic carbocycles. The van der Waals surface area contributed by atoms with Gasteiger partial charge in [-0.1, -0.05) is 30.3 Å². The van der Waals surface area contributed by atoms with Crippen LogP contribution in [-0.4, -0.2) is 65.3 Å². The van der Waals surface area contributed by atoms with Crippen LogP contribution in [0.3, 0.4) is 0 Å². The SMILES string of the molecule is CCN1C(=O)N(OCc2ccccc2)CC[C@H]1c1cc(CCNC(=BOC#N)NC(=O)OC(C)(C)C)on1. The molecule has 0 radical (unpaired) electrons. The molecule has 12 nitrogen and oxygen atoms in total. The number of benzene rings is 1. The van der Waals surface area contributed by atoms with E-state index in [9.17, 15) is 9.59 Å². The van der Waals surface area contributed by atoms with Gasteiger partial charge in [-0.05, 0) is 5.56 Å². The van der Waals surface area contributed by atoms with Crippen LogP contribution in [0.5, 0.6) is 0 Å². The summed E-state index contributed by atoms with van der Waals surface area (Å²) >= 11 is 0. The first-order chi connectivity index (χ1) is 18.2. The van der Waals surface area contributed by atoms with E-state index in [1.54, 1.807) is 25.7 Å². The molecule has 2 heterocycles. The van der Waals surface area contributed by atoms with Gasteiger partial charge >= 0.3 is 180 Å². The molecule has 202 valence electrons. The second kappa shape index (κ2) is 13.5. The number of nitrogens with one attached hydrogen (secondary N) is 2. The van der Waals surface area contributed by atoms with Crippen molar-refractivity contribution < 1.29 is 28.3 Å². The van der Waals surface area contributed by atoms with E-state index in [0.29, 0.717) is 50.5 Å². The van der Waals surface area contributed by atoms with Gasteiger partial charge in [0.15, 0.2) is 0 Å². The molecule has 1 atom stereocenters. The van der Waals surface area contributed by atoms with Crippen molar-refractivity contribution in [3.63, 3.8) is 0 Å². The number of nitriles is 1. The van der Waals surface area contributed by atoms with Crippen molar-refractivity contribution in [2.24, 2.45) is 0 Å². The Bertz CT molecular complexity index is 1140. The predicted octanol–water partition coefficient (Wildman–Crippen LogP) is 2.86. The Morgan fingerprint density at radius 2 is 2.08 bits per heavy atom. The second-order valence-corrected chi connectivity index (χ2v) is 9.50. The Labute approximate surface area is 222 Å². The molecule has 3 amide bonds. The second-order valence-electron chi connectivity index (χ2n) is 9.50. The van der Waals surface area contributed by atoms with E-state index in [2.05, 4.69) is 20.4 Å². The van der Waals surface area contributed by atoms with Gasteiger partial charge in [0, 0.05) is 0 Å². The summed E-state index contributed by atoms with van der Waals surface area (Å²) in [5, 5.41) is 19.7. The minimum absolute atomic E-state index is 0.158. The molecule has 1 fully saturated rings. The van der Waals surface area contributed by atoms with Gasteiger partial charge in [-0.2, -0.15) is 0 Å². The van der Waals surface area contributed by atoms with Gasteiger partial charge in [-0.15, -0.1) is 0 Å². The van der Waals surface area contributed by atoms with Gasteiger partial charge in [-0.3, -0.25) is 0 Å². The fraction of sp³-hybridized carbons (Fsp3) is 0.480. The number of carbonyl (C=O) groups is 2. The maximum absolute atomic E-state index is 13.0. The van der Waals surface area contributed by atoms with Crippen LogP contribution in [0.15, 0.2) is 40.9 Å². The molecule has 1 aliphatic heterocycles. The molecule has 38 heavy (non-hydrogen) atoms. The predicted molar refractivity (Wildman–Crippen MR) is 138 cm³/mol. The molecule has 0 aliphatic carbocycles. The number of hydrogen-bond donors (Lipinski definition) is 2. The number of amides is 3. The molecule has 1 saturated heterocycles. The van der Waals surface area contributed by atoms with E-state index >= 15 is 0 Å². The van der Waals surface area contributed by atoms with Gasteiger partial charge in [0.1, 0.15) is 6.61 Å². The van der Waals surface area contributed by atoms with Crippen molar-refractivity contribution in [2.75, 3.05) is 19.6 Å². The van der Waals surface area contributed by atoms with Crippen LogP contribution in [0.1, 0.15) is 57.2 Å². The molecule has 0 unspecified atom stereocenters. The van der Waals surface area contributed by atoms with E-state index in [1.165, 1.54) is 11.3 Å². The van der Waals surface area contributed by atoms with Crippen molar-refractivity contribution in [3.05, 3.63) is 53.4 Å². The standard InChI is InChI=1S/C25H33BN6O6/c1-5-31-21(12-14-32(24(31)34)36-16-18-9-7-6-8-10-18)20-15-19(38-30-20)11-13-28-22(26-35-17-27)29-23(33)37-25(2,3)4/h6-10,15,21,28H,5,11-14,16H2,1-4H3,(H,29,33)/t21-/m0/s1. The number of carbonyl (C=O) groups excluding carboxylic acids is 2. The summed E-state index contributed by atoms with van der Waals surface area (Å²) in [5.41, 5.74) is 1.12. The maximum atomic E-state index is 13.0. The fourth-order valence-corrected chi connectivity index (χ4v) is 3.82. The topological polar surface area (TPSA) is 142 Å². The molecular weight excluding hydrogens is 491 g/mol. The number of aromatic nitrogens is 1. The van der Waals surface area contributed by atoms with Gasteiger partial charge in [-0.25, -0.2) is 0 Å². The van der Waals surface area contributed by atoms with Crippen molar-refractivity contribution in [1.82, 2.24) is 25.8 Å². The third kappa shape index (κ3) is 8.52. The summed E-state index contributed by atoms with van der Waals surface area (Å²) in [4.78, 5) is 32.6. The first-order valence-corrected chi connectivity index (χ1v) is 12.4. The van der Waals surface area contributed by atoms with Gasteiger partial charge in [0.05, 0.1) is 0 Å². The molecule has 13 heteroatoms. The minimum atomic E-state index is -0.692. The van der Waals surface area contributed by atoms with E-state index < -0.39 is 11.7 Å². The number of rotatable bonds is 11. The van der Waals surface area contributed by atoms with Crippen LogP contribution in [0.2, 0.25) is 0 Å². The Morgan fingerprint density at radius 1 is 1.32 bits per heavy atom. The molecule has 0 saturated carbocycles. The number of alkyl carbamates (subject to hydrolysis) is 1. The van der Waals surface area contributed by atoms with Gasteiger partial charge in [0.25, 0.3) is 0 Å². The Balaban J connectivity index is 1.54. The van der Waals surface area contributed by atoms with Crippen LogP contribution in [0, 0.1) is 11.5 Å². The number of hydrogen-bond acceptors (Lipinski definition) is 9. The van der Waals surface area contributed by atoms with E-state index in [1.807, 2.05) is 43.3 Å². The van der Waals surface area contributed by atoms with Gasteiger partial charge in [0.2, 0.25) is 0 Å². The van der Waals surface area contributed by atoms with Gasteiger partial charge < -0.3 is 0 Å². The Kier molecular flexibility index (Phi) is 10.1. The molecule has 1 aromatic heterocycles. The van der Waals surface area contributed by atoms with Crippen molar-refractivity contribution in [2.45, 2.75) is 58.8 Å². The molecule has 0 spiro atoms. The summed E-state index contributed by atoms with van der Waals surface area (Å²) in [6, 6.07) is 11.1. The molecule has 2 aromatic rings. The van der Waals surface area contributed by atoms with Crippen LogP contribution < -0.4 is 10.6 Å². The quantitative estimate of drug-likeness (QED) is 0.335. The summed E-state index contributed by atoms with van der Waals surface area (Å²) in [7, 11) is 1.08. The van der Waals surface area contributed by atoms with Crippen LogP contribution in [-0.2, 0) is 27.3 Å². The number of urea groups is 1. The molecule has 2 N–H and O–H groups in total. The zero-order chi connectivity index (χ0) is 27.5. The summed E-state index contributed by atoms with van der Waals surface area (Å²) < 4.78 is 15.3. The average Bonchev–Trinajstić information content (AvgIpc) is 3.34. The summed E-state index contributed by atoms with van der Waals surface area (Å²) in [6.45, 7) is 8.71. The third-order valence-corrected chi connectivity index (χ3v) is 5.48. The third-order valence-electron chi connectivity index (χ3n) is 5.48. The van der Waals surface area contributed by atoms with Crippen LogP contribution in [0.4, 0.5) is 9.59 Å². The first-order valence-electron chi connectivity index (χ1n) is 12.4. The molecular formula is C25H33BN6O6. The summed E-state index contributed by atoms with van der Waals surface area (Å²) in [6.07, 6.45) is 1.89. The Hall–Kier alpha value is -4.05. The van der Waals surface area contributed by atoms with E-state index in [-0.39, 0.29) is 17.8 Å². The fourth-order valence-electron chi connectivity index (χ4n) is 3.82. The van der Waals surface area contributed by atoms with E-state index in [0.717, 1.165) is 12.7 Å². The van der Waals surface area contributed by atoms with Crippen molar-refractivity contribution in [1.29, 1.82) is 5.26 Å². The number of ether oxygens (including phenoxy) is 1. The number of hydroxylamine groups is 2. The Morgan fingerprint density at radius 3 is 2.76 bits per heavy atom. The molecule has 0 bridgehead atoms. The van der Waals surface area contributed by atoms with Crippen LogP contribution >= 0.6 is 0 Å². The monoisotopic (exact) mass is 524 g/mol. The normalized spacial score (nSPS) is 15.9. The number of nitrogens with zero attached hydrogens (tertiary/aromatic N) is 4. The average molecular weight is 524 g/mol.